The maximum atomic E-state index is 12.4. The first-order chi connectivity index (χ1) is 10.9. The molecule has 0 radical (unpaired) electrons. The molecule has 0 spiro atoms. The lowest BCUT2D eigenvalue weighted by molar-refractivity contribution is 0.0929. The number of carbonyl (C=O) groups excluding carboxylic acids is 1. The lowest BCUT2D eigenvalue weighted by atomic mass is 10.1. The summed E-state index contributed by atoms with van der Waals surface area (Å²) in [6, 6.07) is 9.55. The van der Waals surface area contributed by atoms with Crippen LogP contribution in [0.4, 0.5) is 0 Å². The first kappa shape index (κ1) is 15.6. The maximum absolute atomic E-state index is 12.4. The minimum Gasteiger partial charge on any atom is -0.343 e. The van der Waals surface area contributed by atoms with Gasteiger partial charge in [0.2, 0.25) is 5.82 Å². The van der Waals surface area contributed by atoms with E-state index in [1.807, 2.05) is 51.1 Å². The van der Waals surface area contributed by atoms with Crippen molar-refractivity contribution in [3.63, 3.8) is 0 Å². The minimum absolute atomic E-state index is 0.119. The molecule has 2 aromatic heterocycles. The Kier molecular flexibility index (Phi) is 4.12. The normalized spacial score (nSPS) is 12.3. The van der Waals surface area contributed by atoms with Gasteiger partial charge in [0.05, 0.1) is 6.04 Å². The lowest BCUT2D eigenvalue weighted by Gasteiger charge is -2.13. The molecular weight excluding hydrogens is 358 g/mol. The van der Waals surface area contributed by atoms with Gasteiger partial charge in [-0.15, -0.1) is 5.10 Å². The Labute approximate surface area is 142 Å². The van der Waals surface area contributed by atoms with Crippen LogP contribution in [0.15, 0.2) is 34.8 Å². The summed E-state index contributed by atoms with van der Waals surface area (Å²) in [7, 11) is 0. The van der Waals surface area contributed by atoms with Crippen molar-refractivity contribution in [1.82, 2.24) is 24.9 Å². The molecule has 0 aliphatic rings. The topological polar surface area (TPSA) is 72.2 Å². The highest BCUT2D eigenvalue weighted by Crippen LogP contribution is 2.18. The summed E-state index contributed by atoms with van der Waals surface area (Å²) < 4.78 is 2.54. The Balaban J connectivity index is 1.84. The zero-order chi connectivity index (χ0) is 16.6. The van der Waals surface area contributed by atoms with Gasteiger partial charge in [-0.2, -0.15) is 4.98 Å². The molecule has 0 aliphatic heterocycles. The van der Waals surface area contributed by atoms with Crippen molar-refractivity contribution >= 4 is 27.6 Å². The quantitative estimate of drug-likeness (QED) is 0.765. The number of aromatic nitrogens is 4. The average molecular weight is 374 g/mol. The molecular formula is C16H16BrN5O. The van der Waals surface area contributed by atoms with Crippen molar-refractivity contribution in [3.8, 4) is 0 Å². The number of fused-ring (bicyclic) bond motifs is 1. The van der Waals surface area contributed by atoms with Crippen molar-refractivity contribution in [2.24, 2.45) is 0 Å². The molecule has 3 aromatic rings. The Morgan fingerprint density at radius 1 is 1.26 bits per heavy atom. The van der Waals surface area contributed by atoms with Crippen molar-refractivity contribution in [3.05, 3.63) is 57.6 Å². The summed E-state index contributed by atoms with van der Waals surface area (Å²) >= 11 is 3.43. The lowest BCUT2D eigenvalue weighted by Crippen LogP contribution is -2.27. The van der Waals surface area contributed by atoms with E-state index >= 15 is 0 Å². The smallest absolute Gasteiger partial charge is 0.291 e. The Hall–Kier alpha value is -2.28. The van der Waals surface area contributed by atoms with Gasteiger partial charge in [0, 0.05) is 15.9 Å². The number of rotatable bonds is 3. The number of amides is 1. The van der Waals surface area contributed by atoms with Crippen molar-refractivity contribution in [1.29, 1.82) is 0 Å². The number of hydrogen-bond acceptors (Lipinski definition) is 4. The molecule has 2 heterocycles. The van der Waals surface area contributed by atoms with Crippen LogP contribution >= 0.6 is 15.9 Å². The molecule has 118 valence electrons. The molecule has 1 amide bonds. The highest BCUT2D eigenvalue weighted by atomic mass is 79.9. The molecule has 23 heavy (non-hydrogen) atoms. The van der Waals surface area contributed by atoms with E-state index in [9.17, 15) is 4.79 Å². The number of carbonyl (C=O) groups is 1. The van der Waals surface area contributed by atoms with E-state index in [4.69, 9.17) is 0 Å². The van der Waals surface area contributed by atoms with Crippen LogP contribution in [-0.4, -0.2) is 25.5 Å². The predicted octanol–water partition coefficient (Wildman–Crippen LogP) is 2.99. The second kappa shape index (κ2) is 6.08. The SMILES string of the molecule is Cc1cc(C)n2nc(C(=O)NC(C)c3cccc(Br)c3)nc2n1. The maximum Gasteiger partial charge on any atom is 0.291 e. The Morgan fingerprint density at radius 3 is 2.78 bits per heavy atom. The van der Waals surface area contributed by atoms with E-state index in [1.165, 1.54) is 0 Å². The molecule has 1 aromatic carbocycles. The minimum atomic E-state index is -0.319. The molecule has 0 aliphatic carbocycles. The van der Waals surface area contributed by atoms with Crippen molar-refractivity contribution in [2.45, 2.75) is 26.8 Å². The first-order valence-electron chi connectivity index (χ1n) is 7.21. The van der Waals surface area contributed by atoms with Gasteiger partial charge in [-0.1, -0.05) is 28.1 Å². The number of nitrogens with zero attached hydrogens (tertiary/aromatic N) is 4. The fourth-order valence-corrected chi connectivity index (χ4v) is 2.80. The largest absolute Gasteiger partial charge is 0.343 e. The first-order valence-corrected chi connectivity index (χ1v) is 8.00. The van der Waals surface area contributed by atoms with Crippen LogP contribution in [0.2, 0.25) is 0 Å². The Morgan fingerprint density at radius 2 is 2.04 bits per heavy atom. The van der Waals surface area contributed by atoms with E-state index in [2.05, 4.69) is 36.3 Å². The number of benzene rings is 1. The summed E-state index contributed by atoms with van der Waals surface area (Å²) in [5, 5.41) is 7.15. The molecule has 0 bridgehead atoms. The zero-order valence-electron chi connectivity index (χ0n) is 13.0. The highest BCUT2D eigenvalue weighted by molar-refractivity contribution is 9.10. The molecule has 3 rings (SSSR count). The van der Waals surface area contributed by atoms with Crippen LogP contribution in [0.3, 0.4) is 0 Å². The number of hydrogen-bond donors (Lipinski definition) is 1. The van der Waals surface area contributed by atoms with Gasteiger partial charge >= 0.3 is 0 Å². The third-order valence-electron chi connectivity index (χ3n) is 3.52. The van der Waals surface area contributed by atoms with Crippen LogP contribution in [-0.2, 0) is 0 Å². The molecule has 0 fully saturated rings. The van der Waals surface area contributed by atoms with E-state index in [0.29, 0.717) is 5.78 Å². The van der Waals surface area contributed by atoms with Crippen molar-refractivity contribution in [2.75, 3.05) is 0 Å². The van der Waals surface area contributed by atoms with E-state index in [-0.39, 0.29) is 17.8 Å². The second-order valence-electron chi connectivity index (χ2n) is 5.44. The van der Waals surface area contributed by atoms with E-state index in [0.717, 1.165) is 21.4 Å². The van der Waals surface area contributed by atoms with E-state index in [1.54, 1.807) is 4.52 Å². The molecule has 6 nitrogen and oxygen atoms in total. The zero-order valence-corrected chi connectivity index (χ0v) is 14.6. The van der Waals surface area contributed by atoms with Crippen LogP contribution < -0.4 is 5.32 Å². The highest BCUT2D eigenvalue weighted by Gasteiger charge is 2.17. The van der Waals surface area contributed by atoms with Gasteiger partial charge < -0.3 is 5.32 Å². The van der Waals surface area contributed by atoms with Crippen molar-refractivity contribution < 1.29 is 4.79 Å². The predicted molar refractivity (Wildman–Crippen MR) is 90.3 cm³/mol. The summed E-state index contributed by atoms with van der Waals surface area (Å²) in [6.45, 7) is 5.71. The molecule has 1 N–H and O–H groups in total. The summed E-state index contributed by atoms with van der Waals surface area (Å²) in [4.78, 5) is 20.9. The third-order valence-corrected chi connectivity index (χ3v) is 4.01. The molecule has 0 saturated carbocycles. The van der Waals surface area contributed by atoms with Crippen LogP contribution in [0.1, 0.15) is 40.5 Å². The second-order valence-corrected chi connectivity index (χ2v) is 6.35. The fraction of sp³-hybridized carbons (Fsp3) is 0.250. The fourth-order valence-electron chi connectivity index (χ4n) is 2.38. The van der Waals surface area contributed by atoms with Crippen LogP contribution in [0, 0.1) is 13.8 Å². The number of aryl methyl sites for hydroxylation is 2. The van der Waals surface area contributed by atoms with Gasteiger partial charge in [0.15, 0.2) is 0 Å². The van der Waals surface area contributed by atoms with E-state index < -0.39 is 0 Å². The van der Waals surface area contributed by atoms with Gasteiger partial charge in [0.1, 0.15) is 0 Å². The number of halogens is 1. The van der Waals surface area contributed by atoms with Crippen LogP contribution in [0.25, 0.3) is 5.78 Å². The molecule has 0 saturated heterocycles. The van der Waals surface area contributed by atoms with Gasteiger partial charge in [-0.05, 0) is 44.5 Å². The molecule has 7 heteroatoms. The van der Waals surface area contributed by atoms with Gasteiger partial charge in [0.25, 0.3) is 11.7 Å². The summed E-state index contributed by atoms with van der Waals surface area (Å²) in [6.07, 6.45) is 0. The Bertz CT molecular complexity index is 889. The monoisotopic (exact) mass is 373 g/mol. The summed E-state index contributed by atoms with van der Waals surface area (Å²) in [5.74, 6) is 0.232. The molecule has 1 atom stereocenters. The van der Waals surface area contributed by atoms with Gasteiger partial charge in [-0.3, -0.25) is 4.79 Å². The van der Waals surface area contributed by atoms with Gasteiger partial charge in [-0.25, -0.2) is 9.50 Å². The number of nitrogens with one attached hydrogen (secondary N) is 1. The van der Waals surface area contributed by atoms with Crippen LogP contribution in [0.5, 0.6) is 0 Å². The third kappa shape index (κ3) is 3.24. The average Bonchev–Trinajstić information content (AvgIpc) is 2.91. The standard InChI is InChI=1S/C16H16BrN5O/c1-9-7-10(2)22-16(18-9)20-14(21-22)15(23)19-11(3)12-5-4-6-13(17)8-12/h4-8,11H,1-3H3,(H,19,23). The summed E-state index contributed by atoms with van der Waals surface area (Å²) in [5.41, 5.74) is 2.73. The molecule has 1 unspecified atom stereocenters.